The summed E-state index contributed by atoms with van der Waals surface area (Å²) in [5, 5.41) is 0. The average Bonchev–Trinajstić information content (AvgIpc) is 2.71. The lowest BCUT2D eigenvalue weighted by Crippen LogP contribution is -2.24. The minimum atomic E-state index is 0.718. The van der Waals surface area contributed by atoms with Gasteiger partial charge < -0.3 is 15.1 Å². The number of ether oxygens (including phenoxy) is 1. The third kappa shape index (κ3) is 2.53. The molecule has 2 heterocycles. The summed E-state index contributed by atoms with van der Waals surface area (Å²) in [6.07, 6.45) is 2.73. The van der Waals surface area contributed by atoms with Crippen LogP contribution < -0.4 is 20.9 Å². The van der Waals surface area contributed by atoms with E-state index in [1.54, 1.807) is 6.20 Å². The molecule has 0 spiro atoms. The van der Waals surface area contributed by atoms with Crippen molar-refractivity contribution in [1.29, 1.82) is 0 Å². The molecule has 0 saturated carbocycles. The molecule has 20 heavy (non-hydrogen) atoms. The van der Waals surface area contributed by atoms with Crippen molar-refractivity contribution in [2.24, 2.45) is 5.84 Å². The Kier molecular flexibility index (Phi) is 3.69. The van der Waals surface area contributed by atoms with Gasteiger partial charge in [0.05, 0.1) is 12.3 Å². The Balaban J connectivity index is 1.90. The van der Waals surface area contributed by atoms with E-state index >= 15 is 0 Å². The molecule has 2 aromatic rings. The maximum absolute atomic E-state index is 5.78. The third-order valence-electron chi connectivity index (χ3n) is 3.43. The molecule has 0 atom stereocenters. The van der Waals surface area contributed by atoms with E-state index < -0.39 is 0 Å². The van der Waals surface area contributed by atoms with Crippen molar-refractivity contribution >= 4 is 11.5 Å². The molecule has 1 aromatic heterocycles. The van der Waals surface area contributed by atoms with Crippen LogP contribution in [-0.4, -0.2) is 18.1 Å². The van der Waals surface area contributed by atoms with Gasteiger partial charge in [-0.15, -0.1) is 0 Å². The fourth-order valence-corrected chi connectivity index (χ4v) is 2.46. The number of rotatable bonds is 3. The Morgan fingerprint density at radius 1 is 1.25 bits per heavy atom. The number of benzene rings is 1. The van der Waals surface area contributed by atoms with Crippen LogP contribution in [0.2, 0.25) is 0 Å². The third-order valence-corrected chi connectivity index (χ3v) is 3.43. The number of nitrogens with two attached hydrogens (primary N) is 1. The molecule has 0 bridgehead atoms. The quantitative estimate of drug-likeness (QED) is 0.661. The highest BCUT2D eigenvalue weighted by molar-refractivity contribution is 5.60. The smallest absolute Gasteiger partial charge is 0.144 e. The average molecular weight is 270 g/mol. The van der Waals surface area contributed by atoms with Crippen LogP contribution in [-0.2, 0) is 6.54 Å². The number of nitrogens with zero attached hydrogens (tertiary/aromatic N) is 2. The first-order chi connectivity index (χ1) is 9.88. The van der Waals surface area contributed by atoms with Gasteiger partial charge in [-0.1, -0.05) is 18.2 Å². The molecule has 1 aliphatic heterocycles. The summed E-state index contributed by atoms with van der Waals surface area (Å²) in [5.74, 6) is 7.18. The van der Waals surface area contributed by atoms with Crippen LogP contribution in [0.1, 0.15) is 12.0 Å². The second-order valence-electron chi connectivity index (χ2n) is 4.75. The van der Waals surface area contributed by atoms with Crippen LogP contribution in [0.3, 0.4) is 0 Å². The van der Waals surface area contributed by atoms with Crippen LogP contribution in [0, 0.1) is 0 Å². The van der Waals surface area contributed by atoms with Gasteiger partial charge >= 0.3 is 0 Å². The second-order valence-corrected chi connectivity index (χ2v) is 4.75. The van der Waals surface area contributed by atoms with Crippen LogP contribution >= 0.6 is 0 Å². The largest absolute Gasteiger partial charge is 0.491 e. The summed E-state index contributed by atoms with van der Waals surface area (Å²) in [6.45, 7) is 2.46. The van der Waals surface area contributed by atoms with Crippen molar-refractivity contribution in [3.05, 3.63) is 48.2 Å². The first-order valence-corrected chi connectivity index (χ1v) is 6.76. The number of nitrogen functional groups attached to an aromatic ring is 1. The molecule has 0 fully saturated rings. The van der Waals surface area contributed by atoms with Crippen LogP contribution in [0.4, 0.5) is 11.5 Å². The topological polar surface area (TPSA) is 63.4 Å². The SMILES string of the molecule is NNc1ncccc1CN1CCCOc2ccccc21. The zero-order chi connectivity index (χ0) is 13.8. The highest BCUT2D eigenvalue weighted by Gasteiger charge is 2.17. The number of hydrogen-bond acceptors (Lipinski definition) is 5. The molecule has 1 aromatic carbocycles. The summed E-state index contributed by atoms with van der Waals surface area (Å²) in [7, 11) is 0. The highest BCUT2D eigenvalue weighted by atomic mass is 16.5. The molecule has 3 N–H and O–H groups in total. The van der Waals surface area contributed by atoms with Crippen LogP contribution in [0.25, 0.3) is 0 Å². The maximum atomic E-state index is 5.78. The van der Waals surface area contributed by atoms with E-state index in [1.807, 2.05) is 30.3 Å². The number of hydrogen-bond donors (Lipinski definition) is 2. The zero-order valence-electron chi connectivity index (χ0n) is 11.2. The lowest BCUT2D eigenvalue weighted by Gasteiger charge is -2.24. The Hall–Kier alpha value is -2.27. The van der Waals surface area contributed by atoms with E-state index in [4.69, 9.17) is 10.6 Å². The molecular weight excluding hydrogens is 252 g/mol. The van der Waals surface area contributed by atoms with Crippen molar-refractivity contribution in [3.8, 4) is 5.75 Å². The van der Waals surface area contributed by atoms with Gasteiger partial charge in [0.15, 0.2) is 0 Å². The van der Waals surface area contributed by atoms with Crippen molar-refractivity contribution in [2.75, 3.05) is 23.5 Å². The normalized spacial score (nSPS) is 14.2. The number of nitrogens with one attached hydrogen (secondary N) is 1. The first kappa shape index (κ1) is 12.7. The van der Waals surface area contributed by atoms with Gasteiger partial charge in [-0.25, -0.2) is 10.8 Å². The van der Waals surface area contributed by atoms with Gasteiger partial charge in [-0.2, -0.15) is 0 Å². The molecule has 0 radical (unpaired) electrons. The van der Waals surface area contributed by atoms with E-state index in [-0.39, 0.29) is 0 Å². The van der Waals surface area contributed by atoms with Gasteiger partial charge in [0.25, 0.3) is 0 Å². The number of pyridine rings is 1. The van der Waals surface area contributed by atoms with Gasteiger partial charge in [0.2, 0.25) is 0 Å². The van der Waals surface area contributed by atoms with E-state index in [9.17, 15) is 0 Å². The number of para-hydroxylation sites is 2. The first-order valence-electron chi connectivity index (χ1n) is 6.76. The minimum Gasteiger partial charge on any atom is -0.491 e. The van der Waals surface area contributed by atoms with Gasteiger partial charge in [0.1, 0.15) is 11.6 Å². The summed E-state index contributed by atoms with van der Waals surface area (Å²) >= 11 is 0. The summed E-state index contributed by atoms with van der Waals surface area (Å²) in [4.78, 5) is 6.55. The van der Waals surface area contributed by atoms with Gasteiger partial charge in [-0.3, -0.25) is 0 Å². The van der Waals surface area contributed by atoms with Crippen molar-refractivity contribution in [3.63, 3.8) is 0 Å². The standard InChI is InChI=1S/C15H18N4O/c16-18-15-12(5-3-8-17-15)11-19-9-4-10-20-14-7-2-1-6-13(14)19/h1-3,5-8H,4,9-11,16H2,(H,17,18). The molecule has 0 saturated heterocycles. The molecule has 0 unspecified atom stereocenters. The number of anilines is 2. The Morgan fingerprint density at radius 2 is 2.15 bits per heavy atom. The van der Waals surface area contributed by atoms with Crippen LogP contribution in [0.5, 0.6) is 5.75 Å². The second kappa shape index (κ2) is 5.79. The van der Waals surface area contributed by atoms with Gasteiger partial charge in [-0.05, 0) is 24.6 Å². The van der Waals surface area contributed by atoms with Crippen molar-refractivity contribution in [1.82, 2.24) is 4.98 Å². The molecular formula is C15H18N4O. The Bertz CT molecular complexity index is 588. The van der Waals surface area contributed by atoms with Crippen LogP contribution in [0.15, 0.2) is 42.6 Å². The highest BCUT2D eigenvalue weighted by Crippen LogP contribution is 2.32. The predicted molar refractivity (Wildman–Crippen MR) is 79.7 cm³/mol. The molecule has 0 aliphatic carbocycles. The van der Waals surface area contributed by atoms with E-state index in [1.165, 1.54) is 0 Å². The Morgan fingerprint density at radius 3 is 3.05 bits per heavy atom. The molecule has 1 aliphatic rings. The summed E-state index contributed by atoms with van der Waals surface area (Å²) in [5.41, 5.74) is 4.85. The predicted octanol–water partition coefficient (Wildman–Crippen LogP) is 2.16. The molecule has 3 rings (SSSR count). The number of aromatic nitrogens is 1. The number of hydrazine groups is 1. The molecule has 5 nitrogen and oxygen atoms in total. The van der Waals surface area contributed by atoms with Gasteiger partial charge in [0, 0.05) is 24.8 Å². The summed E-state index contributed by atoms with van der Waals surface area (Å²) in [6, 6.07) is 12.1. The number of fused-ring (bicyclic) bond motifs is 1. The fourth-order valence-electron chi connectivity index (χ4n) is 2.46. The minimum absolute atomic E-state index is 0.718. The van der Waals surface area contributed by atoms with E-state index in [0.29, 0.717) is 0 Å². The molecule has 5 heteroatoms. The van der Waals surface area contributed by atoms with E-state index in [2.05, 4.69) is 21.4 Å². The lowest BCUT2D eigenvalue weighted by molar-refractivity contribution is 0.322. The zero-order valence-corrected chi connectivity index (χ0v) is 11.2. The lowest BCUT2D eigenvalue weighted by atomic mass is 10.2. The monoisotopic (exact) mass is 270 g/mol. The molecule has 0 amide bonds. The fraction of sp³-hybridized carbons (Fsp3) is 0.267. The Labute approximate surface area is 118 Å². The van der Waals surface area contributed by atoms with Crippen molar-refractivity contribution in [2.45, 2.75) is 13.0 Å². The summed E-state index contributed by atoms with van der Waals surface area (Å²) < 4.78 is 5.78. The molecule has 104 valence electrons. The maximum Gasteiger partial charge on any atom is 0.144 e. The van der Waals surface area contributed by atoms with E-state index in [0.717, 1.165) is 48.9 Å². The van der Waals surface area contributed by atoms with Crippen molar-refractivity contribution < 1.29 is 4.74 Å².